The van der Waals surface area contributed by atoms with Gasteiger partial charge in [-0.25, -0.2) is 4.79 Å². The van der Waals surface area contributed by atoms with E-state index in [4.69, 9.17) is 4.74 Å². The number of aliphatic hydroxyl groups excluding tert-OH is 1. The minimum Gasteiger partial charge on any atom is -0.497 e. The Kier molecular flexibility index (Phi) is 5.82. The molecule has 20 heavy (non-hydrogen) atoms. The van der Waals surface area contributed by atoms with Crippen molar-refractivity contribution in [1.29, 1.82) is 0 Å². The second kappa shape index (κ2) is 7.14. The van der Waals surface area contributed by atoms with Crippen LogP contribution in [0.2, 0.25) is 0 Å². The molecule has 0 radical (unpaired) electrons. The molecular formula is C15H24N2O3. The number of urea groups is 1. The summed E-state index contributed by atoms with van der Waals surface area (Å²) in [5.74, 6) is 0.744. The number of hydrogen-bond donors (Lipinski definition) is 3. The minimum atomic E-state index is -0.378. The van der Waals surface area contributed by atoms with Crippen molar-refractivity contribution in [2.24, 2.45) is 5.41 Å². The van der Waals surface area contributed by atoms with Crippen LogP contribution in [-0.2, 0) is 0 Å². The molecule has 1 aromatic rings. The lowest BCUT2D eigenvalue weighted by Crippen LogP contribution is -2.38. The van der Waals surface area contributed by atoms with Gasteiger partial charge in [-0.05, 0) is 43.0 Å². The third-order valence-electron chi connectivity index (χ3n) is 2.92. The lowest BCUT2D eigenvalue weighted by atomic mass is 9.87. The van der Waals surface area contributed by atoms with E-state index < -0.39 is 0 Å². The van der Waals surface area contributed by atoms with E-state index in [1.807, 2.05) is 13.8 Å². The third kappa shape index (κ3) is 5.93. The van der Waals surface area contributed by atoms with E-state index in [0.29, 0.717) is 18.7 Å². The molecule has 0 fully saturated rings. The van der Waals surface area contributed by atoms with E-state index in [9.17, 15) is 9.90 Å². The molecule has 5 heteroatoms. The molecule has 1 atom stereocenters. The minimum absolute atomic E-state index is 0.147. The lowest BCUT2D eigenvalue weighted by molar-refractivity contribution is 0.129. The normalized spacial score (nSPS) is 12.7. The molecular weight excluding hydrogens is 256 g/mol. The fourth-order valence-electron chi connectivity index (χ4n) is 2.04. The molecule has 112 valence electrons. The number of hydrogen-bond acceptors (Lipinski definition) is 3. The summed E-state index contributed by atoms with van der Waals surface area (Å²) in [5.41, 5.74) is 0.558. The molecule has 0 saturated heterocycles. The number of carbonyl (C=O) groups excluding carboxylic acids is 1. The van der Waals surface area contributed by atoms with Gasteiger partial charge in [0.15, 0.2) is 0 Å². The zero-order valence-corrected chi connectivity index (χ0v) is 12.6. The quantitative estimate of drug-likeness (QED) is 0.750. The Morgan fingerprint density at radius 2 is 1.95 bits per heavy atom. The van der Waals surface area contributed by atoms with Crippen LogP contribution in [0, 0.1) is 5.41 Å². The van der Waals surface area contributed by atoms with Crippen molar-refractivity contribution in [1.82, 2.24) is 5.32 Å². The van der Waals surface area contributed by atoms with Crippen molar-refractivity contribution >= 4 is 11.7 Å². The number of ether oxygens (including phenoxy) is 1. The predicted octanol–water partition coefficient (Wildman–Crippen LogP) is 2.61. The molecule has 0 heterocycles. The number of carbonyl (C=O) groups is 1. The number of nitrogens with one attached hydrogen (secondary N) is 2. The number of anilines is 1. The second-order valence-corrected chi connectivity index (χ2v) is 5.75. The standard InChI is InChI=1S/C15H24N2O3/c1-11(18)9-15(2,3)10-16-14(19)17-12-5-7-13(20-4)8-6-12/h5-8,11,18H,9-10H2,1-4H3,(H2,16,17,19). The van der Waals surface area contributed by atoms with Crippen LogP contribution in [0.4, 0.5) is 10.5 Å². The number of methoxy groups -OCH3 is 1. The Morgan fingerprint density at radius 3 is 2.45 bits per heavy atom. The van der Waals surface area contributed by atoms with Crippen molar-refractivity contribution in [3.05, 3.63) is 24.3 Å². The molecule has 5 nitrogen and oxygen atoms in total. The monoisotopic (exact) mass is 280 g/mol. The zero-order valence-electron chi connectivity index (χ0n) is 12.6. The molecule has 2 amide bonds. The van der Waals surface area contributed by atoms with E-state index >= 15 is 0 Å². The maximum atomic E-state index is 11.8. The van der Waals surface area contributed by atoms with Gasteiger partial charge in [0.1, 0.15) is 5.75 Å². The number of amides is 2. The van der Waals surface area contributed by atoms with Crippen molar-refractivity contribution in [2.45, 2.75) is 33.3 Å². The first-order valence-electron chi connectivity index (χ1n) is 6.69. The van der Waals surface area contributed by atoms with E-state index in [1.54, 1.807) is 38.3 Å². The van der Waals surface area contributed by atoms with Crippen LogP contribution in [-0.4, -0.2) is 30.9 Å². The SMILES string of the molecule is COc1ccc(NC(=O)NCC(C)(C)CC(C)O)cc1. The summed E-state index contributed by atoms with van der Waals surface area (Å²) in [5, 5.41) is 15.0. The molecule has 0 bridgehead atoms. The van der Waals surface area contributed by atoms with Gasteiger partial charge in [-0.3, -0.25) is 0 Å². The van der Waals surface area contributed by atoms with Gasteiger partial charge in [0.25, 0.3) is 0 Å². The first-order valence-corrected chi connectivity index (χ1v) is 6.69. The highest BCUT2D eigenvalue weighted by molar-refractivity contribution is 5.89. The van der Waals surface area contributed by atoms with Gasteiger partial charge in [0.2, 0.25) is 0 Å². The third-order valence-corrected chi connectivity index (χ3v) is 2.92. The van der Waals surface area contributed by atoms with Crippen LogP contribution in [0.25, 0.3) is 0 Å². The van der Waals surface area contributed by atoms with Crippen LogP contribution in [0.15, 0.2) is 24.3 Å². The Bertz CT molecular complexity index is 427. The zero-order chi connectivity index (χ0) is 15.2. The molecule has 3 N–H and O–H groups in total. The van der Waals surface area contributed by atoms with E-state index in [1.165, 1.54) is 0 Å². The van der Waals surface area contributed by atoms with Crippen LogP contribution < -0.4 is 15.4 Å². The average molecular weight is 280 g/mol. The number of aliphatic hydroxyl groups is 1. The second-order valence-electron chi connectivity index (χ2n) is 5.75. The van der Waals surface area contributed by atoms with Crippen molar-refractivity contribution < 1.29 is 14.6 Å². The van der Waals surface area contributed by atoms with E-state index in [2.05, 4.69) is 10.6 Å². The highest BCUT2D eigenvalue weighted by Crippen LogP contribution is 2.21. The van der Waals surface area contributed by atoms with Crippen LogP contribution in [0.3, 0.4) is 0 Å². The summed E-state index contributed by atoms with van der Waals surface area (Å²) in [6.07, 6.45) is 0.256. The van der Waals surface area contributed by atoms with Gasteiger partial charge in [0, 0.05) is 12.2 Å². The predicted molar refractivity (Wildman–Crippen MR) is 80.1 cm³/mol. The van der Waals surface area contributed by atoms with Gasteiger partial charge in [-0.2, -0.15) is 0 Å². The van der Waals surface area contributed by atoms with Crippen molar-refractivity contribution in [3.8, 4) is 5.75 Å². The fourth-order valence-corrected chi connectivity index (χ4v) is 2.04. The summed E-state index contributed by atoms with van der Waals surface area (Å²) in [6, 6.07) is 6.87. The van der Waals surface area contributed by atoms with Crippen LogP contribution >= 0.6 is 0 Å². The molecule has 1 rings (SSSR count). The van der Waals surface area contributed by atoms with Crippen LogP contribution in [0.5, 0.6) is 5.75 Å². The first kappa shape index (κ1) is 16.3. The maximum absolute atomic E-state index is 11.8. The lowest BCUT2D eigenvalue weighted by Gasteiger charge is -2.26. The number of rotatable bonds is 6. The smallest absolute Gasteiger partial charge is 0.319 e. The number of benzene rings is 1. The summed E-state index contributed by atoms with van der Waals surface area (Å²) in [7, 11) is 1.60. The molecule has 0 aliphatic rings. The summed E-state index contributed by atoms with van der Waals surface area (Å²) in [4.78, 5) is 11.8. The summed E-state index contributed by atoms with van der Waals surface area (Å²) >= 11 is 0. The van der Waals surface area contributed by atoms with Crippen LogP contribution in [0.1, 0.15) is 27.2 Å². The Balaban J connectivity index is 2.43. The highest BCUT2D eigenvalue weighted by atomic mass is 16.5. The van der Waals surface area contributed by atoms with Gasteiger partial charge in [-0.15, -0.1) is 0 Å². The molecule has 1 aromatic carbocycles. The molecule has 0 aliphatic carbocycles. The van der Waals surface area contributed by atoms with Gasteiger partial charge >= 0.3 is 6.03 Å². The van der Waals surface area contributed by atoms with E-state index in [-0.39, 0.29) is 17.6 Å². The molecule has 0 aromatic heterocycles. The molecule has 0 spiro atoms. The van der Waals surface area contributed by atoms with Gasteiger partial charge in [-0.1, -0.05) is 13.8 Å². The average Bonchev–Trinajstić information content (AvgIpc) is 2.36. The summed E-state index contributed by atoms with van der Waals surface area (Å²) < 4.78 is 5.05. The topological polar surface area (TPSA) is 70.6 Å². The maximum Gasteiger partial charge on any atom is 0.319 e. The largest absolute Gasteiger partial charge is 0.497 e. The Hall–Kier alpha value is -1.75. The van der Waals surface area contributed by atoms with E-state index in [0.717, 1.165) is 5.75 Å². The molecule has 0 aliphatic heterocycles. The Morgan fingerprint density at radius 1 is 1.35 bits per heavy atom. The van der Waals surface area contributed by atoms with Crippen molar-refractivity contribution in [2.75, 3.05) is 19.0 Å². The first-order chi connectivity index (χ1) is 9.32. The summed E-state index contributed by atoms with van der Waals surface area (Å²) in [6.45, 7) is 6.26. The fraction of sp³-hybridized carbons (Fsp3) is 0.533. The highest BCUT2D eigenvalue weighted by Gasteiger charge is 2.21. The molecule has 1 unspecified atom stereocenters. The van der Waals surface area contributed by atoms with Crippen molar-refractivity contribution in [3.63, 3.8) is 0 Å². The Labute approximate surface area is 120 Å². The van der Waals surface area contributed by atoms with Gasteiger partial charge in [0.05, 0.1) is 13.2 Å². The molecule has 0 saturated carbocycles. The van der Waals surface area contributed by atoms with Gasteiger partial charge < -0.3 is 20.5 Å².